The fourth-order valence-electron chi connectivity index (χ4n) is 2.92. The van der Waals surface area contributed by atoms with Gasteiger partial charge >= 0.3 is 0 Å². The molecule has 1 amide bonds. The molecule has 8 heteroatoms. The van der Waals surface area contributed by atoms with Gasteiger partial charge in [0.2, 0.25) is 5.78 Å². The van der Waals surface area contributed by atoms with E-state index in [9.17, 15) is 19.8 Å². The average molecular weight is 368 g/mol. The maximum atomic E-state index is 12.9. The van der Waals surface area contributed by atoms with Gasteiger partial charge in [0, 0.05) is 11.6 Å². The lowest BCUT2D eigenvalue weighted by molar-refractivity contribution is -0.117. The third-order valence-corrected chi connectivity index (χ3v) is 4.78. The fourth-order valence-corrected chi connectivity index (χ4v) is 3.59. The number of benzene rings is 1. The first-order valence-electron chi connectivity index (χ1n) is 7.61. The number of nitrogens with zero attached hydrogens (tertiary/aromatic N) is 2. The second-order valence-electron chi connectivity index (χ2n) is 5.56. The first-order chi connectivity index (χ1) is 12.6. The minimum atomic E-state index is -0.932. The van der Waals surface area contributed by atoms with Crippen LogP contribution in [0.15, 0.2) is 70.0 Å². The Labute approximate surface area is 151 Å². The van der Waals surface area contributed by atoms with Gasteiger partial charge in [-0.1, -0.05) is 12.1 Å². The first-order valence-corrected chi connectivity index (χ1v) is 8.49. The molecule has 7 nitrogen and oxygen atoms in total. The molecule has 1 aliphatic heterocycles. The van der Waals surface area contributed by atoms with Gasteiger partial charge in [-0.25, -0.2) is 4.98 Å². The number of aromatic hydroxyl groups is 1. The number of thiazole rings is 1. The lowest BCUT2D eigenvalue weighted by Crippen LogP contribution is -2.30. The minimum Gasteiger partial charge on any atom is -0.508 e. The number of hydrogen-bond donors (Lipinski definition) is 2. The lowest BCUT2D eigenvalue weighted by Gasteiger charge is -2.24. The number of hydrogen-bond acceptors (Lipinski definition) is 7. The summed E-state index contributed by atoms with van der Waals surface area (Å²) in [4.78, 5) is 30.9. The largest absolute Gasteiger partial charge is 0.508 e. The number of phenols is 1. The van der Waals surface area contributed by atoms with Gasteiger partial charge in [0.25, 0.3) is 5.91 Å². The second kappa shape index (κ2) is 6.16. The van der Waals surface area contributed by atoms with Crippen molar-refractivity contribution >= 4 is 28.2 Å². The Bertz CT molecular complexity index is 1010. The van der Waals surface area contributed by atoms with E-state index in [4.69, 9.17) is 4.42 Å². The highest BCUT2D eigenvalue weighted by atomic mass is 32.1. The number of amides is 1. The summed E-state index contributed by atoms with van der Waals surface area (Å²) in [6.07, 6.45) is 2.86. The molecule has 3 aromatic rings. The van der Waals surface area contributed by atoms with E-state index in [1.165, 1.54) is 46.9 Å². The Morgan fingerprint density at radius 1 is 1.23 bits per heavy atom. The Hall–Kier alpha value is -3.39. The minimum absolute atomic E-state index is 0.00509. The number of ketones is 1. The molecule has 0 aliphatic carbocycles. The maximum Gasteiger partial charge on any atom is 0.296 e. The molecule has 0 radical (unpaired) electrons. The summed E-state index contributed by atoms with van der Waals surface area (Å²) in [6, 6.07) is 8.24. The highest BCUT2D eigenvalue weighted by Gasteiger charge is 2.46. The van der Waals surface area contributed by atoms with Crippen LogP contribution in [-0.4, -0.2) is 26.9 Å². The Kier molecular flexibility index (Phi) is 3.81. The van der Waals surface area contributed by atoms with Gasteiger partial charge in [-0.3, -0.25) is 14.5 Å². The monoisotopic (exact) mass is 368 g/mol. The standard InChI is InChI=1S/C18H12N2O5S/c21-11-4-1-3-10(9-11)14-13(15(22)12-5-2-7-25-12)16(23)17(24)20(14)18-19-6-8-26-18/h1-9,14,21,23H/t14-/m0/s1. The number of carbonyl (C=O) groups is 2. The van der Waals surface area contributed by atoms with Gasteiger partial charge in [0.15, 0.2) is 16.7 Å². The summed E-state index contributed by atoms with van der Waals surface area (Å²) < 4.78 is 5.14. The Morgan fingerprint density at radius 2 is 2.08 bits per heavy atom. The van der Waals surface area contributed by atoms with Crippen LogP contribution in [0.1, 0.15) is 22.2 Å². The molecule has 0 saturated heterocycles. The van der Waals surface area contributed by atoms with E-state index in [1.54, 1.807) is 23.6 Å². The van der Waals surface area contributed by atoms with Gasteiger partial charge in [0.05, 0.1) is 17.9 Å². The molecule has 2 N–H and O–H groups in total. The molecule has 0 spiro atoms. The molecule has 1 aliphatic rings. The number of furan rings is 1. The molecule has 0 saturated carbocycles. The number of aliphatic hydroxyl groups excluding tert-OH is 1. The van der Waals surface area contributed by atoms with Gasteiger partial charge in [-0.05, 0) is 29.8 Å². The number of Topliss-reactive ketones (excluding diaryl/α,β-unsaturated/α-hetero) is 1. The van der Waals surface area contributed by atoms with Crippen LogP contribution in [-0.2, 0) is 4.79 Å². The van der Waals surface area contributed by atoms with Crippen molar-refractivity contribution in [2.45, 2.75) is 6.04 Å². The molecular weight excluding hydrogens is 356 g/mol. The molecule has 0 unspecified atom stereocenters. The molecule has 3 heterocycles. The van der Waals surface area contributed by atoms with Crippen molar-refractivity contribution < 1.29 is 24.2 Å². The summed E-state index contributed by atoms with van der Waals surface area (Å²) in [5.41, 5.74) is 0.346. The van der Waals surface area contributed by atoms with Crippen molar-refractivity contribution in [3.63, 3.8) is 0 Å². The van der Waals surface area contributed by atoms with E-state index in [0.29, 0.717) is 10.7 Å². The van der Waals surface area contributed by atoms with Crippen molar-refractivity contribution in [1.29, 1.82) is 0 Å². The highest BCUT2D eigenvalue weighted by Crippen LogP contribution is 2.42. The molecule has 1 aromatic carbocycles. The van der Waals surface area contributed by atoms with Crippen molar-refractivity contribution in [3.8, 4) is 5.75 Å². The van der Waals surface area contributed by atoms with Gasteiger partial charge in [0.1, 0.15) is 5.75 Å². The third kappa shape index (κ3) is 2.47. The van der Waals surface area contributed by atoms with Crippen LogP contribution in [0.4, 0.5) is 5.13 Å². The lowest BCUT2D eigenvalue weighted by atomic mass is 9.95. The van der Waals surface area contributed by atoms with Crippen LogP contribution in [0.3, 0.4) is 0 Å². The first kappa shape index (κ1) is 16.1. The quantitative estimate of drug-likeness (QED) is 0.685. The summed E-state index contributed by atoms with van der Waals surface area (Å²) in [5, 5.41) is 22.3. The topological polar surface area (TPSA) is 104 Å². The van der Waals surface area contributed by atoms with Crippen molar-refractivity contribution in [2.75, 3.05) is 4.90 Å². The van der Waals surface area contributed by atoms with Crippen LogP contribution in [0.5, 0.6) is 5.75 Å². The average Bonchev–Trinajstić information content (AvgIpc) is 3.37. The molecule has 4 rings (SSSR count). The summed E-state index contributed by atoms with van der Waals surface area (Å²) in [6.45, 7) is 0. The summed E-state index contributed by atoms with van der Waals surface area (Å²) >= 11 is 1.20. The summed E-state index contributed by atoms with van der Waals surface area (Å²) in [5.74, 6) is -2.01. The van der Waals surface area contributed by atoms with Crippen molar-refractivity contribution in [3.05, 3.63) is 76.9 Å². The molecule has 0 bridgehead atoms. The number of aromatic nitrogens is 1. The van der Waals surface area contributed by atoms with Crippen molar-refractivity contribution in [2.24, 2.45) is 0 Å². The molecule has 0 fully saturated rings. The van der Waals surface area contributed by atoms with E-state index in [2.05, 4.69) is 4.98 Å². The second-order valence-corrected chi connectivity index (χ2v) is 6.43. The zero-order valence-electron chi connectivity index (χ0n) is 13.2. The van der Waals surface area contributed by atoms with E-state index >= 15 is 0 Å². The zero-order valence-corrected chi connectivity index (χ0v) is 14.0. The SMILES string of the molecule is O=C(C1=C(O)C(=O)N(c2nccs2)[C@H]1c1cccc(O)c1)c1ccco1. The number of anilines is 1. The molecule has 26 heavy (non-hydrogen) atoms. The van der Waals surface area contributed by atoms with Gasteiger partial charge in [-0.15, -0.1) is 11.3 Å². The van der Waals surface area contributed by atoms with Crippen molar-refractivity contribution in [1.82, 2.24) is 4.98 Å². The normalized spacial score (nSPS) is 17.2. The number of phenolic OH excluding ortho intramolecular Hbond substituents is 1. The fraction of sp³-hybridized carbons (Fsp3) is 0.0556. The predicted molar refractivity (Wildman–Crippen MR) is 93.1 cm³/mol. The van der Waals surface area contributed by atoms with E-state index in [-0.39, 0.29) is 17.1 Å². The predicted octanol–water partition coefficient (Wildman–Crippen LogP) is 3.22. The van der Waals surface area contributed by atoms with Crippen LogP contribution in [0, 0.1) is 0 Å². The Morgan fingerprint density at radius 3 is 2.73 bits per heavy atom. The van der Waals surface area contributed by atoms with Crippen LogP contribution < -0.4 is 4.90 Å². The third-order valence-electron chi connectivity index (χ3n) is 4.01. The van der Waals surface area contributed by atoms with Gasteiger partial charge < -0.3 is 14.6 Å². The Balaban J connectivity index is 1.89. The van der Waals surface area contributed by atoms with Crippen LogP contribution in [0.25, 0.3) is 0 Å². The summed E-state index contributed by atoms with van der Waals surface area (Å²) in [7, 11) is 0. The van der Waals surface area contributed by atoms with Crippen LogP contribution >= 0.6 is 11.3 Å². The number of carbonyl (C=O) groups excluding carboxylic acids is 2. The number of aliphatic hydroxyl groups is 1. The van der Waals surface area contributed by atoms with E-state index in [0.717, 1.165) is 0 Å². The number of rotatable bonds is 4. The van der Waals surface area contributed by atoms with E-state index < -0.39 is 23.5 Å². The highest BCUT2D eigenvalue weighted by molar-refractivity contribution is 7.13. The molecule has 1 atom stereocenters. The smallest absolute Gasteiger partial charge is 0.296 e. The zero-order chi connectivity index (χ0) is 18.3. The molecule has 2 aromatic heterocycles. The molecule has 130 valence electrons. The van der Waals surface area contributed by atoms with E-state index in [1.807, 2.05) is 0 Å². The molecular formula is C18H12N2O5S. The van der Waals surface area contributed by atoms with Gasteiger partial charge in [-0.2, -0.15) is 0 Å². The van der Waals surface area contributed by atoms with Crippen LogP contribution in [0.2, 0.25) is 0 Å². The maximum absolute atomic E-state index is 12.9.